The number of rotatable bonds is 4. The Morgan fingerprint density at radius 1 is 1.05 bits per heavy atom. The van der Waals surface area contributed by atoms with Gasteiger partial charge < -0.3 is 9.80 Å². The van der Waals surface area contributed by atoms with Gasteiger partial charge in [-0.05, 0) is 18.2 Å². The van der Waals surface area contributed by atoms with Crippen molar-refractivity contribution in [2.45, 2.75) is 6.42 Å². The number of carbonyl (C=O) groups excluding carboxylic acids is 2. The molecule has 0 radical (unpaired) electrons. The number of carbonyl (C=O) groups is 2. The molecule has 0 aromatic heterocycles. The van der Waals surface area contributed by atoms with Crippen LogP contribution in [-0.4, -0.2) is 24.9 Å². The van der Waals surface area contributed by atoms with Gasteiger partial charge in [0.1, 0.15) is 6.42 Å². The van der Waals surface area contributed by atoms with Crippen LogP contribution in [0.3, 0.4) is 0 Å². The quantitative estimate of drug-likeness (QED) is 0.632. The Morgan fingerprint density at radius 2 is 1.60 bits per heavy atom. The van der Waals surface area contributed by atoms with Gasteiger partial charge in [0.05, 0.1) is 11.4 Å². The lowest BCUT2D eigenvalue weighted by Gasteiger charge is -2.24. The van der Waals surface area contributed by atoms with Crippen molar-refractivity contribution in [1.82, 2.24) is 0 Å². The zero-order chi connectivity index (χ0) is 14.7. The molecule has 1 heterocycles. The Hall–Kier alpha value is -2.07. The molecule has 104 valence electrons. The van der Waals surface area contributed by atoms with E-state index in [0.29, 0.717) is 29.5 Å². The first kappa shape index (κ1) is 14.3. The van der Waals surface area contributed by atoms with Crippen molar-refractivity contribution >= 4 is 34.8 Å². The van der Waals surface area contributed by atoms with Gasteiger partial charge in [-0.3, -0.25) is 9.59 Å². The van der Waals surface area contributed by atoms with Gasteiger partial charge in [0.2, 0.25) is 11.8 Å². The Balaban J connectivity index is 2.60. The van der Waals surface area contributed by atoms with Gasteiger partial charge >= 0.3 is 0 Å². The summed E-state index contributed by atoms with van der Waals surface area (Å²) in [5, 5.41) is 0.513. The highest BCUT2D eigenvalue weighted by molar-refractivity contribution is 6.31. The molecule has 1 aromatic rings. The van der Waals surface area contributed by atoms with Crippen molar-refractivity contribution in [3.63, 3.8) is 0 Å². The van der Waals surface area contributed by atoms with Crippen molar-refractivity contribution in [2.24, 2.45) is 0 Å². The van der Waals surface area contributed by atoms with Crippen LogP contribution in [0.1, 0.15) is 6.42 Å². The molecule has 4 nitrogen and oxygen atoms in total. The number of anilines is 2. The first-order valence-corrected chi connectivity index (χ1v) is 6.58. The van der Waals surface area contributed by atoms with Crippen molar-refractivity contribution in [3.8, 4) is 0 Å². The zero-order valence-electron chi connectivity index (χ0n) is 11.0. The molecule has 1 aromatic carbocycles. The number of hydrogen-bond donors (Lipinski definition) is 0. The van der Waals surface area contributed by atoms with Crippen molar-refractivity contribution in [1.29, 1.82) is 0 Å². The summed E-state index contributed by atoms with van der Waals surface area (Å²) in [6.07, 6.45) is 3.08. The van der Waals surface area contributed by atoms with Crippen LogP contribution in [0.5, 0.6) is 0 Å². The zero-order valence-corrected chi connectivity index (χ0v) is 11.8. The number of halogens is 1. The maximum Gasteiger partial charge on any atom is 0.236 e. The smallest absolute Gasteiger partial charge is 0.236 e. The third-order valence-corrected chi connectivity index (χ3v) is 3.28. The minimum Gasteiger partial charge on any atom is -0.306 e. The highest BCUT2D eigenvalue weighted by Gasteiger charge is 2.30. The van der Waals surface area contributed by atoms with Gasteiger partial charge in [0.25, 0.3) is 0 Å². The summed E-state index contributed by atoms with van der Waals surface area (Å²) in [5.41, 5.74) is 1.28. The summed E-state index contributed by atoms with van der Waals surface area (Å²) in [5.74, 6) is -0.505. The molecule has 0 spiro atoms. The van der Waals surface area contributed by atoms with Crippen LogP contribution in [0.15, 0.2) is 43.5 Å². The van der Waals surface area contributed by atoms with E-state index in [1.807, 2.05) is 0 Å². The van der Waals surface area contributed by atoms with Crippen LogP contribution in [0.4, 0.5) is 11.4 Å². The Kier molecular flexibility index (Phi) is 4.25. The fourth-order valence-corrected chi connectivity index (χ4v) is 2.35. The molecule has 0 saturated heterocycles. The Bertz CT molecular complexity index is 583. The molecular formula is C15H15ClN2O2. The molecule has 2 rings (SSSR count). The summed E-state index contributed by atoms with van der Waals surface area (Å²) < 4.78 is 0. The summed E-state index contributed by atoms with van der Waals surface area (Å²) in [6, 6.07) is 5.13. The van der Waals surface area contributed by atoms with Gasteiger partial charge in [-0.15, -0.1) is 13.2 Å². The number of nitrogens with zero attached hydrogens (tertiary/aromatic N) is 2. The van der Waals surface area contributed by atoms with Crippen molar-refractivity contribution < 1.29 is 9.59 Å². The molecule has 0 bridgehead atoms. The summed E-state index contributed by atoms with van der Waals surface area (Å²) in [7, 11) is 0. The van der Waals surface area contributed by atoms with Crippen LogP contribution in [-0.2, 0) is 9.59 Å². The van der Waals surface area contributed by atoms with E-state index in [0.717, 1.165) is 0 Å². The molecule has 20 heavy (non-hydrogen) atoms. The average molecular weight is 291 g/mol. The third-order valence-electron chi connectivity index (χ3n) is 3.05. The average Bonchev–Trinajstić information content (AvgIpc) is 2.50. The van der Waals surface area contributed by atoms with Gasteiger partial charge in [-0.2, -0.15) is 0 Å². The number of amides is 2. The molecule has 0 aliphatic carbocycles. The normalized spacial score (nSPS) is 14.8. The monoisotopic (exact) mass is 290 g/mol. The largest absolute Gasteiger partial charge is 0.306 e. The van der Waals surface area contributed by atoms with Crippen LogP contribution in [0.25, 0.3) is 0 Å². The van der Waals surface area contributed by atoms with E-state index < -0.39 is 0 Å². The molecule has 5 heteroatoms. The van der Waals surface area contributed by atoms with Gasteiger partial charge in [0, 0.05) is 18.1 Å². The van der Waals surface area contributed by atoms with E-state index in [4.69, 9.17) is 11.6 Å². The lowest BCUT2D eigenvalue weighted by molar-refractivity contribution is -0.126. The third kappa shape index (κ3) is 2.60. The summed E-state index contributed by atoms with van der Waals surface area (Å²) in [6.45, 7) is 7.98. The predicted molar refractivity (Wildman–Crippen MR) is 81.2 cm³/mol. The van der Waals surface area contributed by atoms with Crippen molar-refractivity contribution in [3.05, 3.63) is 48.5 Å². The minimum atomic E-state index is -0.259. The minimum absolute atomic E-state index is 0.173. The number of hydrogen-bond acceptors (Lipinski definition) is 2. The van der Waals surface area contributed by atoms with Crippen LogP contribution in [0, 0.1) is 0 Å². The standard InChI is InChI=1S/C15H15ClN2O2/c1-3-7-17-12-6-5-11(16)9-13(12)18(8-4-2)15(20)10-14(17)19/h3-6,9H,1-2,7-8,10H2. The molecule has 0 saturated carbocycles. The Labute approximate surface area is 122 Å². The second kappa shape index (κ2) is 5.92. The predicted octanol–water partition coefficient (Wildman–Crippen LogP) is 2.78. The van der Waals surface area contributed by atoms with E-state index in [1.165, 1.54) is 4.90 Å². The van der Waals surface area contributed by atoms with Crippen LogP contribution >= 0.6 is 11.6 Å². The maximum absolute atomic E-state index is 12.2. The van der Waals surface area contributed by atoms with Gasteiger partial charge in [-0.1, -0.05) is 23.8 Å². The molecule has 1 aliphatic heterocycles. The summed E-state index contributed by atoms with van der Waals surface area (Å²) >= 11 is 6.02. The molecule has 0 atom stereocenters. The highest BCUT2D eigenvalue weighted by Crippen LogP contribution is 2.35. The molecular weight excluding hydrogens is 276 g/mol. The van der Waals surface area contributed by atoms with E-state index >= 15 is 0 Å². The molecule has 1 aliphatic rings. The molecule has 0 unspecified atom stereocenters. The van der Waals surface area contributed by atoms with Crippen LogP contribution < -0.4 is 9.80 Å². The number of fused-ring (bicyclic) bond motifs is 1. The second-order valence-electron chi connectivity index (χ2n) is 4.40. The van der Waals surface area contributed by atoms with Crippen LogP contribution in [0.2, 0.25) is 5.02 Å². The van der Waals surface area contributed by atoms with E-state index in [-0.39, 0.29) is 18.2 Å². The first-order chi connectivity index (χ1) is 9.58. The SMILES string of the molecule is C=CCN1C(=O)CC(=O)N(CC=C)c2cc(Cl)ccc21. The van der Waals surface area contributed by atoms with Crippen molar-refractivity contribution in [2.75, 3.05) is 22.9 Å². The lowest BCUT2D eigenvalue weighted by atomic mass is 10.2. The highest BCUT2D eigenvalue weighted by atomic mass is 35.5. The second-order valence-corrected chi connectivity index (χ2v) is 4.83. The van der Waals surface area contributed by atoms with E-state index in [9.17, 15) is 9.59 Å². The fraction of sp³-hybridized carbons (Fsp3) is 0.200. The summed E-state index contributed by atoms with van der Waals surface area (Å²) in [4.78, 5) is 27.4. The first-order valence-electron chi connectivity index (χ1n) is 6.20. The number of benzene rings is 1. The van der Waals surface area contributed by atoms with E-state index in [1.54, 1.807) is 35.3 Å². The molecule has 0 fully saturated rings. The maximum atomic E-state index is 12.2. The molecule has 0 N–H and O–H groups in total. The fourth-order valence-electron chi connectivity index (χ4n) is 2.19. The van der Waals surface area contributed by atoms with E-state index in [2.05, 4.69) is 13.2 Å². The van der Waals surface area contributed by atoms with Gasteiger partial charge in [0.15, 0.2) is 0 Å². The van der Waals surface area contributed by atoms with Gasteiger partial charge in [-0.25, -0.2) is 0 Å². The Morgan fingerprint density at radius 3 is 2.15 bits per heavy atom. The lowest BCUT2D eigenvalue weighted by Crippen LogP contribution is -2.33. The molecule has 2 amide bonds. The topological polar surface area (TPSA) is 40.6 Å².